The molecule has 0 aromatic rings. The van der Waals surface area contributed by atoms with Crippen LogP contribution in [0.5, 0.6) is 0 Å². The lowest BCUT2D eigenvalue weighted by molar-refractivity contribution is -0.870. The Morgan fingerprint density at radius 2 is 0.847 bits per heavy atom. The van der Waals surface area contributed by atoms with Crippen LogP contribution in [0.15, 0.2) is 109 Å². The smallest absolute Gasteiger partial charge is 0.387 e. The molecule has 0 saturated carbocycles. The molecule has 8 nitrogen and oxygen atoms in total. The molecule has 0 fully saturated rings. The van der Waals surface area contributed by atoms with Gasteiger partial charge in [-0.2, -0.15) is 0 Å². The van der Waals surface area contributed by atoms with Crippen LogP contribution in [0.2, 0.25) is 0 Å². The summed E-state index contributed by atoms with van der Waals surface area (Å²) in [6.07, 6.45) is 77.6. The van der Waals surface area contributed by atoms with E-state index in [0.717, 1.165) is 96.3 Å². The molecule has 0 radical (unpaired) electrons. The summed E-state index contributed by atoms with van der Waals surface area (Å²) in [5, 5.41) is 13.9. The van der Waals surface area contributed by atoms with Crippen LogP contribution in [0, 0.1) is 0 Å². The Morgan fingerprint density at radius 3 is 1.28 bits per heavy atom. The molecule has 414 valence electrons. The molecule has 3 N–H and O–H groups in total. The number of amides is 1. The van der Waals surface area contributed by atoms with Crippen molar-refractivity contribution in [1.82, 2.24) is 5.32 Å². The van der Waals surface area contributed by atoms with E-state index in [4.69, 9.17) is 9.05 Å². The molecule has 0 aliphatic rings. The number of carbonyl (C=O) groups is 1. The van der Waals surface area contributed by atoms with Crippen LogP contribution in [0.25, 0.3) is 0 Å². The average Bonchev–Trinajstić information content (AvgIpc) is 3.34. The molecule has 0 heterocycles. The molecule has 0 saturated heterocycles. The van der Waals surface area contributed by atoms with Gasteiger partial charge in [-0.15, -0.1) is 0 Å². The summed E-state index contributed by atoms with van der Waals surface area (Å²) >= 11 is 0. The Labute approximate surface area is 444 Å². The number of phosphoric ester groups is 1. The second-order valence-corrected chi connectivity index (χ2v) is 22.1. The zero-order chi connectivity index (χ0) is 52.7. The molecule has 0 aliphatic heterocycles. The van der Waals surface area contributed by atoms with Gasteiger partial charge in [0.2, 0.25) is 5.91 Å². The number of carbonyl (C=O) groups excluding carboxylic acids is 1. The van der Waals surface area contributed by atoms with E-state index in [1.807, 2.05) is 27.2 Å². The molecule has 72 heavy (non-hydrogen) atoms. The van der Waals surface area contributed by atoms with Gasteiger partial charge >= 0.3 is 7.82 Å². The van der Waals surface area contributed by atoms with Gasteiger partial charge in [-0.05, 0) is 89.9 Å². The van der Waals surface area contributed by atoms with Crippen molar-refractivity contribution in [1.29, 1.82) is 0 Å². The maximum Gasteiger partial charge on any atom is 0.472 e. The van der Waals surface area contributed by atoms with Crippen molar-refractivity contribution in [2.24, 2.45) is 0 Å². The predicted octanol–water partition coefficient (Wildman–Crippen LogP) is 18.0. The summed E-state index contributed by atoms with van der Waals surface area (Å²) in [5.74, 6) is -0.202. The molecule has 0 aliphatic carbocycles. The van der Waals surface area contributed by atoms with Crippen LogP contribution in [0.4, 0.5) is 0 Å². The molecule has 3 unspecified atom stereocenters. The average molecular weight is 1020 g/mol. The number of unbranched alkanes of at least 4 members (excludes halogenated alkanes) is 23. The van der Waals surface area contributed by atoms with Crippen molar-refractivity contribution in [3.8, 4) is 0 Å². The van der Waals surface area contributed by atoms with E-state index in [-0.39, 0.29) is 19.1 Å². The monoisotopic (exact) mass is 1020 g/mol. The Balaban J connectivity index is 4.31. The van der Waals surface area contributed by atoms with Gasteiger partial charge in [0.1, 0.15) is 13.2 Å². The van der Waals surface area contributed by atoms with Gasteiger partial charge in [0, 0.05) is 6.42 Å². The van der Waals surface area contributed by atoms with Crippen molar-refractivity contribution in [3.05, 3.63) is 109 Å². The Hall–Kier alpha value is -2.84. The number of aliphatic hydroxyl groups excluding tert-OH is 1. The Bertz CT molecular complexity index is 1540. The SMILES string of the molecule is CC/C=C\C/C=C\C/C=C\C/C=C\C/C=C\C/C=C\C/C=C\CCCCCCCCCC(=O)NC(COP(=O)(O)OCC[N+](C)(C)C)C(O)/C=C/CC/C=C/CCCCCCCCCCCCCCCCC. The summed E-state index contributed by atoms with van der Waals surface area (Å²) < 4.78 is 23.7. The van der Waals surface area contributed by atoms with Gasteiger partial charge in [-0.3, -0.25) is 13.8 Å². The van der Waals surface area contributed by atoms with E-state index in [0.29, 0.717) is 17.4 Å². The van der Waals surface area contributed by atoms with Crippen LogP contribution in [0.3, 0.4) is 0 Å². The number of phosphoric acid groups is 1. The van der Waals surface area contributed by atoms with Gasteiger partial charge in [-0.1, -0.05) is 245 Å². The molecule has 3 atom stereocenters. The lowest BCUT2D eigenvalue weighted by Crippen LogP contribution is -2.45. The summed E-state index contributed by atoms with van der Waals surface area (Å²) in [6, 6.07) is -0.878. The van der Waals surface area contributed by atoms with Crippen molar-refractivity contribution in [3.63, 3.8) is 0 Å². The largest absolute Gasteiger partial charge is 0.472 e. The number of likely N-dealkylation sites (N-methyl/N-ethyl adjacent to an activating group) is 1. The molecule has 0 rings (SSSR count). The van der Waals surface area contributed by atoms with Crippen molar-refractivity contribution in [2.75, 3.05) is 40.9 Å². The van der Waals surface area contributed by atoms with E-state index in [9.17, 15) is 19.4 Å². The zero-order valence-electron chi connectivity index (χ0n) is 47.1. The number of hydrogen-bond acceptors (Lipinski definition) is 5. The molecule has 9 heteroatoms. The van der Waals surface area contributed by atoms with Gasteiger partial charge in [0.25, 0.3) is 0 Å². The predicted molar refractivity (Wildman–Crippen MR) is 313 cm³/mol. The van der Waals surface area contributed by atoms with E-state index < -0.39 is 20.0 Å². The van der Waals surface area contributed by atoms with E-state index in [2.05, 4.69) is 116 Å². The maximum absolute atomic E-state index is 13.0. The summed E-state index contributed by atoms with van der Waals surface area (Å²) in [7, 11) is 1.53. The van der Waals surface area contributed by atoms with Crippen molar-refractivity contribution in [2.45, 2.75) is 244 Å². The first-order valence-corrected chi connectivity index (χ1v) is 30.8. The zero-order valence-corrected chi connectivity index (χ0v) is 48.0. The minimum absolute atomic E-state index is 0.0481. The summed E-state index contributed by atoms with van der Waals surface area (Å²) in [4.78, 5) is 23.3. The Kier molecular flexibility index (Phi) is 50.9. The number of nitrogens with zero attached hydrogens (tertiary/aromatic N) is 1. The van der Waals surface area contributed by atoms with Crippen molar-refractivity contribution >= 4 is 13.7 Å². The fourth-order valence-electron chi connectivity index (χ4n) is 7.92. The lowest BCUT2D eigenvalue weighted by atomic mass is 10.0. The van der Waals surface area contributed by atoms with Gasteiger partial charge < -0.3 is 19.8 Å². The minimum atomic E-state index is -4.37. The van der Waals surface area contributed by atoms with Crippen LogP contribution >= 0.6 is 7.82 Å². The van der Waals surface area contributed by atoms with Crippen LogP contribution in [0.1, 0.15) is 232 Å². The second kappa shape index (κ2) is 53.0. The van der Waals surface area contributed by atoms with E-state index >= 15 is 0 Å². The first kappa shape index (κ1) is 69.2. The molecule has 1 amide bonds. The summed E-state index contributed by atoms with van der Waals surface area (Å²) in [5.41, 5.74) is 0. The molecule has 0 aromatic heterocycles. The van der Waals surface area contributed by atoms with E-state index in [1.165, 1.54) is 116 Å². The Morgan fingerprint density at radius 1 is 0.486 bits per heavy atom. The number of hydrogen-bond donors (Lipinski definition) is 3. The van der Waals surface area contributed by atoms with Gasteiger partial charge in [-0.25, -0.2) is 4.57 Å². The van der Waals surface area contributed by atoms with Gasteiger partial charge in [0.05, 0.1) is 39.9 Å². The number of aliphatic hydroxyl groups is 1. The first-order valence-electron chi connectivity index (χ1n) is 29.3. The number of quaternary nitrogens is 1. The third-order valence-corrected chi connectivity index (χ3v) is 13.5. The van der Waals surface area contributed by atoms with Crippen LogP contribution in [-0.2, 0) is 18.4 Å². The van der Waals surface area contributed by atoms with Gasteiger partial charge in [0.15, 0.2) is 0 Å². The fourth-order valence-corrected chi connectivity index (χ4v) is 8.66. The minimum Gasteiger partial charge on any atom is -0.387 e. The number of allylic oxidation sites excluding steroid dienone is 17. The second-order valence-electron chi connectivity index (χ2n) is 20.6. The molecular formula is C63H112N2O6P+. The third kappa shape index (κ3) is 54.9. The number of nitrogens with one attached hydrogen (secondary N) is 1. The fraction of sp³-hybridized carbons (Fsp3) is 0.698. The summed E-state index contributed by atoms with van der Waals surface area (Å²) in [6.45, 7) is 4.67. The number of rotatable bonds is 52. The third-order valence-electron chi connectivity index (χ3n) is 12.5. The van der Waals surface area contributed by atoms with Crippen molar-refractivity contribution < 1.29 is 32.9 Å². The highest BCUT2D eigenvalue weighted by Crippen LogP contribution is 2.43. The molecular weight excluding hydrogens is 912 g/mol. The van der Waals surface area contributed by atoms with Crippen LogP contribution < -0.4 is 5.32 Å². The first-order chi connectivity index (χ1) is 35.0. The highest BCUT2D eigenvalue weighted by Gasteiger charge is 2.27. The highest BCUT2D eigenvalue weighted by molar-refractivity contribution is 7.47. The maximum atomic E-state index is 13.0. The quantitative estimate of drug-likeness (QED) is 0.0243. The molecule has 0 aromatic carbocycles. The standard InChI is InChI=1S/C63H111N2O6P/c1-6-8-10-12-14-16-18-20-22-24-26-28-29-30-31-32-33-34-35-37-39-41-43-45-47-49-51-53-55-57-63(67)64-61(60-71-72(68,69)70-59-58-65(3,4)5)62(66)56-54-52-50-48-46-44-42-40-38-36-27-25-23-21-19-17-15-13-11-9-7-2/h8,10,14,16,20,22,26,28,30-31,33-34,37,39,46,48,54,56,61-62,66H,6-7,9,11-13,15,17-19,21,23-25,27,29,32,35-36,38,40-45,47,49-53,55,57-60H2,1-5H3,(H-,64,67,68,69)/p+1/b10-8-,16-14-,22-20-,28-26-,31-30-,34-33-,39-37-,48-46+,56-54+. The normalized spacial score (nSPS) is 14.7. The van der Waals surface area contributed by atoms with Crippen LogP contribution in [-0.4, -0.2) is 73.4 Å². The molecule has 0 spiro atoms. The highest BCUT2D eigenvalue weighted by atomic mass is 31.2. The topological polar surface area (TPSA) is 105 Å². The van der Waals surface area contributed by atoms with E-state index in [1.54, 1.807) is 6.08 Å². The lowest BCUT2D eigenvalue weighted by Gasteiger charge is -2.25. The molecule has 0 bridgehead atoms.